The molecule has 29 heavy (non-hydrogen) atoms. The second-order valence-corrected chi connectivity index (χ2v) is 6.89. The van der Waals surface area contributed by atoms with Gasteiger partial charge in [-0.15, -0.1) is 12.4 Å². The molecule has 154 valence electrons. The molecule has 0 aliphatic heterocycles. The van der Waals surface area contributed by atoms with E-state index in [-0.39, 0.29) is 18.2 Å². The standard InChI is InChI=1S/C23H23ClFNO2.ClH/c1-27-23-14-19(15-26-13-12-17-4-9-21(25)10-5-17)6-11-22(23)28-16-18-2-7-20(24)8-3-18;/h2-11,14,26H,12-13,15-16H2,1H3;1H. The zero-order chi connectivity index (χ0) is 19.8. The van der Waals surface area contributed by atoms with Crippen LogP contribution in [-0.4, -0.2) is 13.7 Å². The molecule has 6 heteroatoms. The van der Waals surface area contributed by atoms with Gasteiger partial charge in [0.2, 0.25) is 0 Å². The molecule has 3 aromatic rings. The summed E-state index contributed by atoms with van der Waals surface area (Å²) in [6.45, 7) is 1.97. The first kappa shape index (κ1) is 23.0. The van der Waals surface area contributed by atoms with Crippen LogP contribution < -0.4 is 14.8 Å². The molecule has 0 amide bonds. The van der Waals surface area contributed by atoms with Crippen LogP contribution in [0.15, 0.2) is 66.7 Å². The van der Waals surface area contributed by atoms with Crippen molar-refractivity contribution in [2.75, 3.05) is 13.7 Å². The molecule has 0 aliphatic carbocycles. The van der Waals surface area contributed by atoms with E-state index in [1.54, 1.807) is 7.11 Å². The van der Waals surface area contributed by atoms with Crippen LogP contribution >= 0.6 is 24.0 Å². The number of hydrogen-bond acceptors (Lipinski definition) is 3. The molecule has 3 aromatic carbocycles. The molecular formula is C23H24Cl2FNO2. The Morgan fingerprint density at radius 3 is 2.21 bits per heavy atom. The first-order chi connectivity index (χ1) is 13.6. The maximum Gasteiger partial charge on any atom is 0.161 e. The Bertz CT molecular complexity index is 886. The van der Waals surface area contributed by atoms with Crippen molar-refractivity contribution < 1.29 is 13.9 Å². The highest BCUT2D eigenvalue weighted by atomic mass is 35.5. The van der Waals surface area contributed by atoms with Crippen LogP contribution in [0.5, 0.6) is 11.5 Å². The van der Waals surface area contributed by atoms with Gasteiger partial charge in [0.15, 0.2) is 11.5 Å². The second-order valence-electron chi connectivity index (χ2n) is 6.45. The molecule has 0 aliphatic rings. The summed E-state index contributed by atoms with van der Waals surface area (Å²) in [5.41, 5.74) is 3.25. The summed E-state index contributed by atoms with van der Waals surface area (Å²) in [5, 5.41) is 4.10. The first-order valence-electron chi connectivity index (χ1n) is 9.13. The van der Waals surface area contributed by atoms with E-state index in [0.29, 0.717) is 23.1 Å². The zero-order valence-electron chi connectivity index (χ0n) is 16.2. The van der Waals surface area contributed by atoms with Gasteiger partial charge in [0, 0.05) is 11.6 Å². The van der Waals surface area contributed by atoms with E-state index in [9.17, 15) is 4.39 Å². The minimum absolute atomic E-state index is 0. The predicted molar refractivity (Wildman–Crippen MR) is 118 cm³/mol. The first-order valence-corrected chi connectivity index (χ1v) is 9.51. The lowest BCUT2D eigenvalue weighted by Gasteiger charge is -2.13. The fraction of sp³-hybridized carbons (Fsp3) is 0.217. The zero-order valence-corrected chi connectivity index (χ0v) is 17.7. The summed E-state index contributed by atoms with van der Waals surface area (Å²) in [6, 6.07) is 20.1. The van der Waals surface area contributed by atoms with Crippen molar-refractivity contribution in [2.24, 2.45) is 0 Å². The maximum atomic E-state index is 12.9. The lowest BCUT2D eigenvalue weighted by atomic mass is 10.1. The monoisotopic (exact) mass is 435 g/mol. The van der Waals surface area contributed by atoms with E-state index in [1.807, 2.05) is 54.6 Å². The van der Waals surface area contributed by atoms with Crippen molar-refractivity contribution in [1.29, 1.82) is 0 Å². The van der Waals surface area contributed by atoms with Crippen LogP contribution in [0, 0.1) is 5.82 Å². The van der Waals surface area contributed by atoms with E-state index in [4.69, 9.17) is 21.1 Å². The smallest absolute Gasteiger partial charge is 0.161 e. The summed E-state index contributed by atoms with van der Waals surface area (Å²) in [4.78, 5) is 0. The van der Waals surface area contributed by atoms with Gasteiger partial charge < -0.3 is 14.8 Å². The molecule has 0 bridgehead atoms. The summed E-state index contributed by atoms with van der Waals surface area (Å²) in [7, 11) is 1.64. The highest BCUT2D eigenvalue weighted by molar-refractivity contribution is 6.30. The Morgan fingerprint density at radius 2 is 1.52 bits per heavy atom. The number of halogens is 3. The average molecular weight is 436 g/mol. The Labute approximate surface area is 182 Å². The molecule has 0 fully saturated rings. The Hall–Kier alpha value is -2.27. The molecule has 0 radical (unpaired) electrons. The molecule has 0 heterocycles. The van der Waals surface area contributed by atoms with Gasteiger partial charge in [-0.3, -0.25) is 0 Å². The molecule has 0 atom stereocenters. The highest BCUT2D eigenvalue weighted by Gasteiger charge is 2.06. The quantitative estimate of drug-likeness (QED) is 0.429. The van der Waals surface area contributed by atoms with Gasteiger partial charge in [0.25, 0.3) is 0 Å². The van der Waals surface area contributed by atoms with Crippen molar-refractivity contribution in [3.05, 3.63) is 94.3 Å². The van der Waals surface area contributed by atoms with E-state index in [1.165, 1.54) is 12.1 Å². The van der Waals surface area contributed by atoms with Crippen LogP contribution in [0.2, 0.25) is 5.02 Å². The van der Waals surface area contributed by atoms with E-state index < -0.39 is 0 Å². The van der Waals surface area contributed by atoms with Gasteiger partial charge in [-0.1, -0.05) is 41.9 Å². The van der Waals surface area contributed by atoms with Gasteiger partial charge in [-0.2, -0.15) is 0 Å². The summed E-state index contributed by atoms with van der Waals surface area (Å²) in [6.07, 6.45) is 0.847. The Balaban J connectivity index is 0.00000300. The van der Waals surface area contributed by atoms with Gasteiger partial charge in [0.05, 0.1) is 7.11 Å². The minimum Gasteiger partial charge on any atom is -0.493 e. The number of methoxy groups -OCH3 is 1. The molecule has 0 spiro atoms. The summed E-state index contributed by atoms with van der Waals surface area (Å²) >= 11 is 5.91. The van der Waals surface area contributed by atoms with E-state index in [0.717, 1.165) is 36.2 Å². The minimum atomic E-state index is -0.206. The van der Waals surface area contributed by atoms with Gasteiger partial charge in [-0.25, -0.2) is 4.39 Å². The van der Waals surface area contributed by atoms with Gasteiger partial charge in [0.1, 0.15) is 12.4 Å². The van der Waals surface area contributed by atoms with Crippen molar-refractivity contribution in [2.45, 2.75) is 19.6 Å². The van der Waals surface area contributed by atoms with Crippen LogP contribution in [0.1, 0.15) is 16.7 Å². The molecule has 0 saturated heterocycles. The number of rotatable bonds is 9. The van der Waals surface area contributed by atoms with Crippen LogP contribution in [-0.2, 0) is 19.6 Å². The van der Waals surface area contributed by atoms with E-state index in [2.05, 4.69) is 5.32 Å². The number of nitrogens with one attached hydrogen (secondary N) is 1. The average Bonchev–Trinajstić information content (AvgIpc) is 2.72. The SMILES string of the molecule is COc1cc(CNCCc2ccc(F)cc2)ccc1OCc1ccc(Cl)cc1.Cl. The van der Waals surface area contributed by atoms with Crippen LogP contribution in [0.25, 0.3) is 0 Å². The Morgan fingerprint density at radius 1 is 0.862 bits per heavy atom. The topological polar surface area (TPSA) is 30.5 Å². The molecule has 0 aromatic heterocycles. The van der Waals surface area contributed by atoms with Gasteiger partial charge >= 0.3 is 0 Å². The fourth-order valence-electron chi connectivity index (χ4n) is 2.80. The fourth-order valence-corrected chi connectivity index (χ4v) is 2.93. The van der Waals surface area contributed by atoms with E-state index >= 15 is 0 Å². The van der Waals surface area contributed by atoms with Crippen molar-refractivity contribution in [1.82, 2.24) is 5.32 Å². The highest BCUT2D eigenvalue weighted by Crippen LogP contribution is 2.29. The van der Waals surface area contributed by atoms with Crippen molar-refractivity contribution >= 4 is 24.0 Å². The van der Waals surface area contributed by atoms with Crippen molar-refractivity contribution in [3.63, 3.8) is 0 Å². The lowest BCUT2D eigenvalue weighted by Crippen LogP contribution is -2.16. The third-order valence-corrected chi connectivity index (χ3v) is 4.62. The van der Waals surface area contributed by atoms with Gasteiger partial charge in [-0.05, 0) is 66.1 Å². The Kier molecular flexibility index (Phi) is 9.26. The molecule has 0 unspecified atom stereocenters. The normalized spacial score (nSPS) is 10.3. The maximum absolute atomic E-state index is 12.9. The molecule has 0 saturated carbocycles. The molecule has 3 nitrogen and oxygen atoms in total. The molecule has 3 rings (SSSR count). The number of ether oxygens (including phenoxy) is 2. The van der Waals surface area contributed by atoms with Crippen LogP contribution in [0.3, 0.4) is 0 Å². The molecule has 1 N–H and O–H groups in total. The third-order valence-electron chi connectivity index (χ3n) is 4.37. The van der Waals surface area contributed by atoms with Crippen molar-refractivity contribution in [3.8, 4) is 11.5 Å². The lowest BCUT2D eigenvalue weighted by molar-refractivity contribution is 0.284. The summed E-state index contributed by atoms with van der Waals surface area (Å²) < 4.78 is 24.3. The predicted octanol–water partition coefficient (Wildman–Crippen LogP) is 5.82. The van der Waals surface area contributed by atoms with Crippen LogP contribution in [0.4, 0.5) is 4.39 Å². The third kappa shape index (κ3) is 7.24. The molecular weight excluding hydrogens is 412 g/mol. The second kappa shape index (κ2) is 11.7. The summed E-state index contributed by atoms with van der Waals surface area (Å²) in [5.74, 6) is 1.20. The largest absolute Gasteiger partial charge is 0.493 e. The number of hydrogen-bond donors (Lipinski definition) is 1. The number of benzene rings is 3.